The minimum atomic E-state index is -0.566. The molecule has 0 aromatic heterocycles. The number of likely N-dealkylation sites (N-methyl/N-ethyl adjacent to an activating group) is 1. The van der Waals surface area contributed by atoms with Gasteiger partial charge in [0.15, 0.2) is 0 Å². The third-order valence-corrected chi connectivity index (χ3v) is 9.31. The van der Waals surface area contributed by atoms with E-state index in [4.69, 9.17) is 0 Å². The van der Waals surface area contributed by atoms with E-state index in [1.165, 1.54) is 11.1 Å². The normalized spacial score (nSPS) is 22.0. The van der Waals surface area contributed by atoms with E-state index in [0.717, 1.165) is 63.6 Å². The third kappa shape index (κ3) is 6.75. The Morgan fingerprint density at radius 1 is 1.05 bits per heavy atom. The largest absolute Gasteiger partial charge is 0.348 e. The van der Waals surface area contributed by atoms with Crippen molar-refractivity contribution >= 4 is 17.8 Å². The van der Waals surface area contributed by atoms with Gasteiger partial charge in [0.25, 0.3) is 0 Å². The average Bonchev–Trinajstić information content (AvgIpc) is 3.31. The number of nitrogens with zero attached hydrogens (tertiary/aromatic N) is 2. The van der Waals surface area contributed by atoms with Crippen LogP contribution in [0.15, 0.2) is 54.6 Å². The Labute approximate surface area is 244 Å². The number of hydrogen-bond donors (Lipinski definition) is 3. The lowest BCUT2D eigenvalue weighted by molar-refractivity contribution is -0.135. The van der Waals surface area contributed by atoms with Crippen molar-refractivity contribution in [2.45, 2.75) is 74.8 Å². The second-order valence-corrected chi connectivity index (χ2v) is 12.3. The molecule has 0 bridgehead atoms. The minimum Gasteiger partial charge on any atom is -0.348 e. The summed E-state index contributed by atoms with van der Waals surface area (Å²) in [5, 5.41) is 9.44. The average molecular weight is 560 g/mol. The number of aryl methyl sites for hydroxylation is 1. The molecule has 4 amide bonds. The summed E-state index contributed by atoms with van der Waals surface area (Å²) in [7, 11) is 3.64. The zero-order chi connectivity index (χ0) is 28.8. The Morgan fingerprint density at radius 3 is 2.49 bits per heavy atom. The minimum absolute atomic E-state index is 0.00275. The molecule has 1 spiro atoms. The first-order valence-corrected chi connectivity index (χ1v) is 15.3. The molecule has 5 rings (SSSR count). The maximum atomic E-state index is 13.9. The summed E-state index contributed by atoms with van der Waals surface area (Å²) in [5.41, 5.74) is 3.55. The lowest BCUT2D eigenvalue weighted by Crippen LogP contribution is -2.56. The second-order valence-electron chi connectivity index (χ2n) is 12.3. The molecule has 2 aliphatic heterocycles. The van der Waals surface area contributed by atoms with E-state index in [-0.39, 0.29) is 35.2 Å². The molecule has 3 N–H and O–H groups in total. The van der Waals surface area contributed by atoms with Crippen molar-refractivity contribution in [3.05, 3.63) is 71.3 Å². The smallest absolute Gasteiger partial charge is 0.315 e. The fourth-order valence-corrected chi connectivity index (χ4v) is 7.05. The van der Waals surface area contributed by atoms with E-state index in [0.29, 0.717) is 19.5 Å². The van der Waals surface area contributed by atoms with Gasteiger partial charge in [-0.15, -0.1) is 0 Å². The Kier molecular flexibility index (Phi) is 9.28. The van der Waals surface area contributed by atoms with E-state index in [1.807, 2.05) is 43.3 Å². The first-order chi connectivity index (χ1) is 19.9. The number of carbonyl (C=O) groups excluding carboxylic acids is 3. The number of carbonyl (C=O) groups is 3. The van der Waals surface area contributed by atoms with Gasteiger partial charge in [-0.2, -0.15) is 0 Å². The zero-order valence-electron chi connectivity index (χ0n) is 24.5. The van der Waals surface area contributed by atoms with Crippen LogP contribution in [0.5, 0.6) is 0 Å². The molecular formula is C33H45N5O3. The summed E-state index contributed by atoms with van der Waals surface area (Å²) in [5.74, 6) is 0.0144. The summed E-state index contributed by atoms with van der Waals surface area (Å²) in [6.45, 7) is 2.99. The van der Waals surface area contributed by atoms with Crippen LogP contribution in [0.4, 0.5) is 4.79 Å². The standard InChI is InChI=1S/C33H45N5O3/c1-37(2)30(39)27-22-33(28-15-7-6-14-26(27)28)17-20-38(21-18-33)31(40)29(16-8-12-24-10-4-3-5-11-24)36-32(41)35-25-13-9-19-34-23-25/h3-7,10-11,14-15,25,27,29,34H,8-9,12-13,16-23H2,1-2H3,(H2,35,36,41)/t25-,27-,29-/m1/s1. The fourth-order valence-electron chi connectivity index (χ4n) is 7.05. The molecule has 0 radical (unpaired) electrons. The van der Waals surface area contributed by atoms with Crippen LogP contribution in [-0.4, -0.2) is 80.0 Å². The monoisotopic (exact) mass is 559 g/mol. The predicted molar refractivity (Wildman–Crippen MR) is 161 cm³/mol. The van der Waals surface area contributed by atoms with Crippen molar-refractivity contribution in [2.75, 3.05) is 40.3 Å². The molecule has 2 aromatic carbocycles. The van der Waals surface area contributed by atoms with Crippen molar-refractivity contribution < 1.29 is 14.4 Å². The van der Waals surface area contributed by atoms with E-state index < -0.39 is 6.04 Å². The molecule has 8 nitrogen and oxygen atoms in total. The van der Waals surface area contributed by atoms with Gasteiger partial charge in [-0.1, -0.05) is 54.6 Å². The number of amides is 4. The van der Waals surface area contributed by atoms with Crippen LogP contribution < -0.4 is 16.0 Å². The third-order valence-electron chi connectivity index (χ3n) is 9.31. The summed E-state index contributed by atoms with van der Waals surface area (Å²) >= 11 is 0. The van der Waals surface area contributed by atoms with Gasteiger partial charge in [0, 0.05) is 45.2 Å². The molecule has 0 unspecified atom stereocenters. The first-order valence-electron chi connectivity index (χ1n) is 15.3. The highest BCUT2D eigenvalue weighted by Gasteiger charge is 2.48. The second kappa shape index (κ2) is 13.1. The lowest BCUT2D eigenvalue weighted by Gasteiger charge is -2.41. The van der Waals surface area contributed by atoms with Gasteiger partial charge >= 0.3 is 6.03 Å². The van der Waals surface area contributed by atoms with E-state index >= 15 is 0 Å². The van der Waals surface area contributed by atoms with E-state index in [9.17, 15) is 14.4 Å². The molecule has 41 heavy (non-hydrogen) atoms. The highest BCUT2D eigenvalue weighted by Crippen LogP contribution is 2.52. The maximum Gasteiger partial charge on any atom is 0.315 e. The summed E-state index contributed by atoms with van der Waals surface area (Å²) in [6, 6.07) is 17.9. The van der Waals surface area contributed by atoms with E-state index in [2.05, 4.69) is 46.3 Å². The zero-order valence-corrected chi connectivity index (χ0v) is 24.5. The molecular weight excluding hydrogens is 514 g/mol. The molecule has 2 heterocycles. The van der Waals surface area contributed by atoms with Gasteiger partial charge in [-0.05, 0) is 74.6 Å². The van der Waals surface area contributed by atoms with Crippen LogP contribution in [0, 0.1) is 0 Å². The maximum absolute atomic E-state index is 13.9. The highest BCUT2D eigenvalue weighted by molar-refractivity contribution is 5.87. The van der Waals surface area contributed by atoms with Crippen LogP contribution in [0.25, 0.3) is 0 Å². The van der Waals surface area contributed by atoms with Gasteiger partial charge in [-0.25, -0.2) is 4.79 Å². The molecule has 0 saturated carbocycles. The molecule has 2 saturated heterocycles. The lowest BCUT2D eigenvalue weighted by atomic mass is 9.73. The van der Waals surface area contributed by atoms with Crippen molar-refractivity contribution in [2.24, 2.45) is 0 Å². The van der Waals surface area contributed by atoms with Crippen LogP contribution in [-0.2, 0) is 21.4 Å². The number of rotatable bonds is 8. The number of nitrogens with one attached hydrogen (secondary N) is 3. The number of urea groups is 1. The quantitative estimate of drug-likeness (QED) is 0.461. The topological polar surface area (TPSA) is 93.8 Å². The number of likely N-dealkylation sites (tertiary alicyclic amines) is 1. The predicted octanol–water partition coefficient (Wildman–Crippen LogP) is 3.57. The van der Waals surface area contributed by atoms with Crippen molar-refractivity contribution in [1.29, 1.82) is 0 Å². The molecule has 3 atom stereocenters. The van der Waals surface area contributed by atoms with Crippen LogP contribution in [0.2, 0.25) is 0 Å². The van der Waals surface area contributed by atoms with Crippen LogP contribution in [0.1, 0.15) is 67.6 Å². The Balaban J connectivity index is 1.24. The fraction of sp³-hybridized carbons (Fsp3) is 0.545. The molecule has 220 valence electrons. The number of hydrogen-bond acceptors (Lipinski definition) is 4. The molecule has 3 aliphatic rings. The van der Waals surface area contributed by atoms with Crippen molar-refractivity contribution in [3.63, 3.8) is 0 Å². The molecule has 1 aliphatic carbocycles. The van der Waals surface area contributed by atoms with Crippen molar-refractivity contribution in [1.82, 2.24) is 25.8 Å². The Hall–Kier alpha value is -3.39. The van der Waals surface area contributed by atoms with Gasteiger partial charge in [0.1, 0.15) is 6.04 Å². The van der Waals surface area contributed by atoms with Crippen LogP contribution in [0.3, 0.4) is 0 Å². The van der Waals surface area contributed by atoms with Gasteiger partial charge in [0.2, 0.25) is 11.8 Å². The SMILES string of the molecule is CN(C)C(=O)[C@@H]1CC2(CCN(C(=O)[C@@H](CCCc3ccccc3)NC(=O)N[C@@H]3CCCNC3)CC2)c2ccccc21. The summed E-state index contributed by atoms with van der Waals surface area (Å²) < 4.78 is 0. The Morgan fingerprint density at radius 2 is 1.78 bits per heavy atom. The molecule has 8 heteroatoms. The molecule has 2 fully saturated rings. The van der Waals surface area contributed by atoms with Crippen molar-refractivity contribution in [3.8, 4) is 0 Å². The first kappa shape index (κ1) is 29.1. The number of benzene rings is 2. The molecule has 2 aromatic rings. The van der Waals surface area contributed by atoms with E-state index in [1.54, 1.807) is 4.90 Å². The van der Waals surface area contributed by atoms with Crippen LogP contribution >= 0.6 is 0 Å². The number of fused-ring (bicyclic) bond motifs is 2. The van der Waals surface area contributed by atoms with Gasteiger partial charge in [-0.3, -0.25) is 9.59 Å². The van der Waals surface area contributed by atoms with Gasteiger partial charge < -0.3 is 25.8 Å². The number of piperidine rings is 2. The Bertz CT molecular complexity index is 1200. The highest BCUT2D eigenvalue weighted by atomic mass is 16.2. The van der Waals surface area contributed by atoms with Gasteiger partial charge in [0.05, 0.1) is 5.92 Å². The summed E-state index contributed by atoms with van der Waals surface area (Å²) in [6.07, 6.45) is 6.68. The summed E-state index contributed by atoms with van der Waals surface area (Å²) in [4.78, 5) is 43.6.